The van der Waals surface area contributed by atoms with Crippen molar-refractivity contribution >= 4 is 48.4 Å². The van der Waals surface area contributed by atoms with Gasteiger partial charge in [0.15, 0.2) is 5.76 Å². The number of halogens is 3. The van der Waals surface area contributed by atoms with Crippen molar-refractivity contribution in [3.8, 4) is 0 Å². The summed E-state index contributed by atoms with van der Waals surface area (Å²) in [7, 11) is -1.31. The van der Waals surface area contributed by atoms with Crippen molar-refractivity contribution in [3.05, 3.63) is 39.3 Å². The first-order chi connectivity index (χ1) is 8.45. The Balaban J connectivity index is 3.09. The van der Waals surface area contributed by atoms with Gasteiger partial charge in [-0.1, -0.05) is 34.8 Å². The number of rotatable bonds is 5. The molecular formula is C10H10Cl3O4P. The van der Waals surface area contributed by atoms with Gasteiger partial charge >= 0.3 is 7.82 Å². The Bertz CT molecular complexity index is 496. The smallest absolute Gasteiger partial charge is 0.402 e. The Morgan fingerprint density at radius 3 is 2.33 bits per heavy atom. The number of benzene rings is 1. The van der Waals surface area contributed by atoms with Gasteiger partial charge < -0.3 is 4.52 Å². The van der Waals surface area contributed by atoms with Crippen LogP contribution in [0.1, 0.15) is 5.56 Å². The lowest BCUT2D eigenvalue weighted by molar-refractivity contribution is 0.201. The maximum absolute atomic E-state index is 11.8. The van der Waals surface area contributed by atoms with Crippen LogP contribution in [-0.4, -0.2) is 14.2 Å². The molecule has 18 heavy (non-hydrogen) atoms. The van der Waals surface area contributed by atoms with Gasteiger partial charge in [0, 0.05) is 30.3 Å². The highest BCUT2D eigenvalue weighted by Gasteiger charge is 2.27. The molecule has 0 bridgehead atoms. The fourth-order valence-electron chi connectivity index (χ4n) is 1.09. The number of phosphoric ester groups is 1. The largest absolute Gasteiger partial charge is 0.529 e. The number of phosphoric acid groups is 1. The van der Waals surface area contributed by atoms with E-state index in [1.54, 1.807) is 12.1 Å². The van der Waals surface area contributed by atoms with Gasteiger partial charge in [-0.3, -0.25) is 9.05 Å². The summed E-state index contributed by atoms with van der Waals surface area (Å²) in [5, 5.41) is 0.757. The average molecular weight is 332 g/mol. The highest BCUT2D eigenvalue weighted by atomic mass is 35.5. The first-order valence-electron chi connectivity index (χ1n) is 4.62. The number of hydrogen-bond donors (Lipinski definition) is 0. The van der Waals surface area contributed by atoms with E-state index in [-0.39, 0.29) is 5.76 Å². The average Bonchev–Trinajstić information content (AvgIpc) is 2.36. The monoisotopic (exact) mass is 330 g/mol. The van der Waals surface area contributed by atoms with Crippen LogP contribution in [0.4, 0.5) is 0 Å². The molecule has 4 nitrogen and oxygen atoms in total. The standard InChI is InChI=1S/C10H10Cl3O4P/c1-15-18(14,16-2)17-10(6-11)8-4-3-7(12)5-9(8)13/h3-6H,1-2H3/b10-6-. The Kier molecular flexibility index (Phi) is 5.99. The van der Waals surface area contributed by atoms with Crippen LogP contribution in [0.15, 0.2) is 23.7 Å². The zero-order valence-corrected chi connectivity index (χ0v) is 12.7. The Morgan fingerprint density at radius 2 is 1.89 bits per heavy atom. The van der Waals surface area contributed by atoms with Gasteiger partial charge in [0.25, 0.3) is 0 Å². The summed E-state index contributed by atoms with van der Waals surface area (Å²) in [6.45, 7) is 0. The van der Waals surface area contributed by atoms with Crippen molar-refractivity contribution in [1.29, 1.82) is 0 Å². The molecule has 1 aromatic rings. The highest BCUT2D eigenvalue weighted by Crippen LogP contribution is 2.52. The molecule has 0 N–H and O–H groups in total. The zero-order valence-electron chi connectivity index (χ0n) is 9.52. The molecule has 1 aromatic carbocycles. The summed E-state index contributed by atoms with van der Waals surface area (Å²) in [6, 6.07) is 4.68. The molecule has 0 unspecified atom stereocenters. The summed E-state index contributed by atoms with van der Waals surface area (Å²) in [5.74, 6) is 0.0605. The van der Waals surface area contributed by atoms with Crippen molar-refractivity contribution in [2.24, 2.45) is 0 Å². The topological polar surface area (TPSA) is 44.8 Å². The predicted molar refractivity (Wildman–Crippen MR) is 73.0 cm³/mol. The van der Waals surface area contributed by atoms with Crippen LogP contribution in [-0.2, 0) is 18.1 Å². The quantitative estimate of drug-likeness (QED) is 0.566. The second kappa shape index (κ2) is 6.80. The van der Waals surface area contributed by atoms with Gasteiger partial charge in [-0.05, 0) is 18.2 Å². The Labute approximate surface area is 120 Å². The third-order valence-corrected chi connectivity index (χ3v) is 4.01. The second-order valence-corrected chi connectivity index (χ2v) is 5.87. The molecule has 0 radical (unpaired) electrons. The van der Waals surface area contributed by atoms with Crippen molar-refractivity contribution < 1.29 is 18.1 Å². The minimum Gasteiger partial charge on any atom is -0.402 e. The minimum absolute atomic E-state index is 0.0605. The lowest BCUT2D eigenvalue weighted by Gasteiger charge is -2.17. The summed E-state index contributed by atoms with van der Waals surface area (Å²) >= 11 is 17.4. The van der Waals surface area contributed by atoms with Gasteiger partial charge in [-0.25, -0.2) is 4.57 Å². The fourth-order valence-corrected chi connectivity index (χ4v) is 2.50. The van der Waals surface area contributed by atoms with Crippen LogP contribution < -0.4 is 0 Å². The molecule has 0 amide bonds. The van der Waals surface area contributed by atoms with Crippen LogP contribution in [0, 0.1) is 0 Å². The Morgan fingerprint density at radius 1 is 1.28 bits per heavy atom. The zero-order chi connectivity index (χ0) is 13.8. The van der Waals surface area contributed by atoms with E-state index in [1.165, 1.54) is 20.3 Å². The highest BCUT2D eigenvalue weighted by molar-refractivity contribution is 7.48. The van der Waals surface area contributed by atoms with E-state index in [2.05, 4.69) is 9.05 Å². The molecule has 0 aliphatic heterocycles. The molecule has 0 heterocycles. The van der Waals surface area contributed by atoms with Gasteiger partial charge in [-0.2, -0.15) is 0 Å². The molecule has 1 rings (SSSR count). The third kappa shape index (κ3) is 3.89. The van der Waals surface area contributed by atoms with E-state index in [4.69, 9.17) is 39.3 Å². The third-order valence-electron chi connectivity index (χ3n) is 1.95. The van der Waals surface area contributed by atoms with E-state index >= 15 is 0 Å². The molecule has 0 saturated carbocycles. The van der Waals surface area contributed by atoms with Crippen LogP contribution in [0.5, 0.6) is 0 Å². The van der Waals surface area contributed by atoms with E-state index in [1.807, 2.05) is 0 Å². The van der Waals surface area contributed by atoms with Gasteiger partial charge in [0.05, 0.1) is 5.02 Å². The van der Waals surface area contributed by atoms with Gasteiger partial charge in [0.1, 0.15) is 0 Å². The minimum atomic E-state index is -3.70. The maximum Gasteiger partial charge on any atom is 0.529 e. The predicted octanol–water partition coefficient (Wildman–Crippen LogP) is 4.95. The molecule has 0 fully saturated rings. The maximum atomic E-state index is 11.8. The molecule has 0 atom stereocenters. The molecule has 0 spiro atoms. The summed E-state index contributed by atoms with van der Waals surface area (Å²) < 4.78 is 26.2. The van der Waals surface area contributed by atoms with E-state index in [9.17, 15) is 4.57 Å². The first-order valence-corrected chi connectivity index (χ1v) is 7.28. The van der Waals surface area contributed by atoms with Crippen molar-refractivity contribution in [2.45, 2.75) is 0 Å². The summed E-state index contributed by atoms with van der Waals surface area (Å²) in [5.41, 5.74) is 1.50. The number of hydrogen-bond acceptors (Lipinski definition) is 4. The van der Waals surface area contributed by atoms with E-state index in [0.717, 1.165) is 5.54 Å². The van der Waals surface area contributed by atoms with Crippen LogP contribution in [0.2, 0.25) is 10.0 Å². The van der Waals surface area contributed by atoms with Crippen LogP contribution in [0.3, 0.4) is 0 Å². The van der Waals surface area contributed by atoms with Crippen molar-refractivity contribution in [3.63, 3.8) is 0 Å². The first kappa shape index (κ1) is 15.8. The van der Waals surface area contributed by atoms with Crippen molar-refractivity contribution in [2.75, 3.05) is 14.2 Å². The molecule has 100 valence electrons. The molecule has 0 aliphatic carbocycles. The van der Waals surface area contributed by atoms with Gasteiger partial charge in [0.2, 0.25) is 0 Å². The van der Waals surface area contributed by atoms with Gasteiger partial charge in [-0.15, -0.1) is 0 Å². The summed E-state index contributed by atoms with van der Waals surface area (Å²) in [6.07, 6.45) is 0. The van der Waals surface area contributed by atoms with Crippen LogP contribution in [0.25, 0.3) is 5.76 Å². The van der Waals surface area contributed by atoms with Crippen molar-refractivity contribution in [1.82, 2.24) is 0 Å². The summed E-state index contributed by atoms with van der Waals surface area (Å²) in [4.78, 5) is 0. The lowest BCUT2D eigenvalue weighted by Crippen LogP contribution is -1.96. The molecular weight excluding hydrogens is 321 g/mol. The van der Waals surface area contributed by atoms with Crippen LogP contribution >= 0.6 is 42.6 Å². The molecule has 8 heteroatoms. The second-order valence-electron chi connectivity index (χ2n) is 3.00. The lowest BCUT2D eigenvalue weighted by atomic mass is 10.2. The molecule has 0 aromatic heterocycles. The fraction of sp³-hybridized carbons (Fsp3) is 0.200. The Hall–Kier alpha value is -0.220. The molecule has 0 saturated heterocycles. The van der Waals surface area contributed by atoms with E-state index < -0.39 is 7.82 Å². The van der Waals surface area contributed by atoms with E-state index in [0.29, 0.717) is 15.6 Å². The normalized spacial score (nSPS) is 12.6. The molecule has 0 aliphatic rings. The SMILES string of the molecule is COP(=O)(OC)O/C(=C\Cl)c1ccc(Cl)cc1Cl.